The number of hydrogen-bond acceptors (Lipinski definition) is 7. The lowest BCUT2D eigenvalue weighted by atomic mass is 10.0. The summed E-state index contributed by atoms with van der Waals surface area (Å²) in [5.41, 5.74) is 0. The number of unbranched alkanes of at least 4 members (excludes halogenated alkanes) is 22. The van der Waals surface area contributed by atoms with E-state index in [2.05, 4.69) is 13.8 Å². The first kappa shape index (κ1) is 47.0. The van der Waals surface area contributed by atoms with Gasteiger partial charge < -0.3 is 18.9 Å². The number of carbonyl (C=O) groups is 2. The van der Waals surface area contributed by atoms with Crippen molar-refractivity contribution < 1.29 is 42.1 Å². The molecule has 48 heavy (non-hydrogen) atoms. The van der Waals surface area contributed by atoms with Crippen LogP contribution in [0, 0.1) is 0 Å². The maximum absolute atomic E-state index is 12.6. The van der Waals surface area contributed by atoms with Crippen LogP contribution in [0.1, 0.15) is 181 Å². The second-order valence-corrected chi connectivity index (χ2v) is 16.1. The number of esters is 2. The van der Waals surface area contributed by atoms with Crippen LogP contribution >= 0.6 is 7.82 Å². The number of carbonyl (C=O) groups excluding carboxylic acids is 2. The monoisotopic (exact) mass is 707 g/mol. The highest BCUT2D eigenvalue weighted by atomic mass is 31.2. The Kier molecular flexibility index (Phi) is 31.3. The molecule has 0 spiro atoms. The number of likely N-dealkylation sites (N-methyl/N-ethyl adjacent to an activating group) is 1. The smallest absolute Gasteiger partial charge is 0.462 e. The fourth-order valence-electron chi connectivity index (χ4n) is 5.48. The van der Waals surface area contributed by atoms with Crippen LogP contribution < -0.4 is 0 Å². The maximum Gasteiger partial charge on any atom is 0.472 e. The van der Waals surface area contributed by atoms with E-state index in [-0.39, 0.29) is 25.6 Å². The molecule has 0 aromatic rings. The molecule has 0 fully saturated rings. The molecular formula is C38H77NO8P+. The van der Waals surface area contributed by atoms with Crippen molar-refractivity contribution in [1.29, 1.82) is 0 Å². The first-order valence-electron chi connectivity index (χ1n) is 19.8. The van der Waals surface area contributed by atoms with Gasteiger partial charge >= 0.3 is 19.8 Å². The third kappa shape index (κ3) is 34.9. The average Bonchev–Trinajstić information content (AvgIpc) is 3.02. The Morgan fingerprint density at radius 1 is 0.562 bits per heavy atom. The molecule has 2 atom stereocenters. The summed E-state index contributed by atoms with van der Waals surface area (Å²) in [5, 5.41) is 0. The van der Waals surface area contributed by atoms with E-state index in [1.54, 1.807) is 0 Å². The molecule has 1 N–H and O–H groups in total. The number of nitrogens with zero attached hydrogens (tertiary/aromatic N) is 1. The average molecular weight is 707 g/mol. The van der Waals surface area contributed by atoms with Gasteiger partial charge in [-0.25, -0.2) is 4.57 Å². The molecule has 0 amide bonds. The van der Waals surface area contributed by atoms with Gasteiger partial charge in [0.25, 0.3) is 0 Å². The lowest BCUT2D eigenvalue weighted by Gasteiger charge is -2.24. The highest BCUT2D eigenvalue weighted by Crippen LogP contribution is 2.43. The van der Waals surface area contributed by atoms with Gasteiger partial charge in [-0.1, -0.05) is 155 Å². The van der Waals surface area contributed by atoms with Gasteiger partial charge in [0.2, 0.25) is 0 Å². The maximum atomic E-state index is 12.6. The van der Waals surface area contributed by atoms with Gasteiger partial charge in [-0.2, -0.15) is 0 Å². The molecule has 0 radical (unpaired) electrons. The molecule has 0 aliphatic heterocycles. The molecule has 0 saturated heterocycles. The van der Waals surface area contributed by atoms with Crippen LogP contribution in [0.5, 0.6) is 0 Å². The summed E-state index contributed by atoms with van der Waals surface area (Å²) in [6, 6.07) is 0. The summed E-state index contributed by atoms with van der Waals surface area (Å²) in [6.07, 6.45) is 28.9. The molecule has 9 nitrogen and oxygen atoms in total. The number of rotatable bonds is 36. The molecule has 0 heterocycles. The van der Waals surface area contributed by atoms with Crippen LogP contribution in [-0.2, 0) is 32.7 Å². The molecule has 0 aromatic carbocycles. The largest absolute Gasteiger partial charge is 0.472 e. The van der Waals surface area contributed by atoms with Gasteiger partial charge in [-0.05, 0) is 12.8 Å². The number of ether oxygens (including phenoxy) is 2. The topological polar surface area (TPSA) is 108 Å². The summed E-state index contributed by atoms with van der Waals surface area (Å²) >= 11 is 0. The predicted octanol–water partition coefficient (Wildman–Crippen LogP) is 10.5. The zero-order chi connectivity index (χ0) is 35.8. The van der Waals surface area contributed by atoms with Crippen molar-refractivity contribution in [3.05, 3.63) is 0 Å². The zero-order valence-corrected chi connectivity index (χ0v) is 32.9. The van der Waals surface area contributed by atoms with Crippen LogP contribution in [0.25, 0.3) is 0 Å². The number of phosphoric acid groups is 1. The highest BCUT2D eigenvalue weighted by Gasteiger charge is 2.27. The van der Waals surface area contributed by atoms with Crippen molar-refractivity contribution in [3.8, 4) is 0 Å². The van der Waals surface area contributed by atoms with Crippen molar-refractivity contribution in [1.82, 2.24) is 0 Å². The molecule has 0 aromatic heterocycles. The molecule has 0 aliphatic carbocycles. The quantitative estimate of drug-likeness (QED) is 0.0297. The molecule has 286 valence electrons. The fraction of sp³-hybridized carbons (Fsp3) is 0.947. The minimum absolute atomic E-state index is 0.0360. The molecule has 0 aliphatic rings. The Labute approximate surface area is 295 Å². The van der Waals surface area contributed by atoms with E-state index in [1.165, 1.54) is 116 Å². The summed E-state index contributed by atoms with van der Waals surface area (Å²) in [6.45, 7) is 4.37. The van der Waals surface area contributed by atoms with Crippen molar-refractivity contribution in [2.45, 2.75) is 187 Å². The standard InChI is InChI=1S/C38H76NO8P/c1-6-8-10-12-14-15-16-17-18-19-20-21-22-23-24-25-27-29-31-38(41)47-36(34-44-37(40)30-28-26-13-11-9-7-2)35-46-48(42,43)45-33-32-39(3,4)5/h36H,6-35H2,1-5H3/p+1/t36-/m1/s1. The van der Waals surface area contributed by atoms with E-state index in [0.29, 0.717) is 17.4 Å². The Morgan fingerprint density at radius 3 is 1.33 bits per heavy atom. The van der Waals surface area contributed by atoms with Crippen LogP contribution in [0.3, 0.4) is 0 Å². The van der Waals surface area contributed by atoms with Crippen molar-refractivity contribution in [3.63, 3.8) is 0 Å². The molecular weight excluding hydrogens is 629 g/mol. The van der Waals surface area contributed by atoms with E-state index in [4.69, 9.17) is 18.5 Å². The summed E-state index contributed by atoms with van der Waals surface area (Å²) in [7, 11) is 1.49. The lowest BCUT2D eigenvalue weighted by Crippen LogP contribution is -2.37. The van der Waals surface area contributed by atoms with Crippen LogP contribution in [0.15, 0.2) is 0 Å². The number of quaternary nitrogens is 1. The number of hydrogen-bond donors (Lipinski definition) is 1. The highest BCUT2D eigenvalue weighted by molar-refractivity contribution is 7.47. The minimum Gasteiger partial charge on any atom is -0.462 e. The van der Waals surface area contributed by atoms with Crippen molar-refractivity contribution in [2.24, 2.45) is 0 Å². The van der Waals surface area contributed by atoms with E-state index < -0.39 is 26.5 Å². The first-order valence-corrected chi connectivity index (χ1v) is 21.3. The van der Waals surface area contributed by atoms with E-state index in [9.17, 15) is 19.0 Å². The van der Waals surface area contributed by atoms with Gasteiger partial charge in [0, 0.05) is 12.8 Å². The first-order chi connectivity index (χ1) is 23.0. The molecule has 0 bridgehead atoms. The molecule has 1 unspecified atom stereocenters. The third-order valence-electron chi connectivity index (χ3n) is 8.64. The third-order valence-corrected chi connectivity index (χ3v) is 9.62. The van der Waals surface area contributed by atoms with E-state index in [1.807, 2.05) is 21.1 Å². The van der Waals surface area contributed by atoms with Crippen LogP contribution in [0.4, 0.5) is 0 Å². The molecule has 10 heteroatoms. The minimum atomic E-state index is -4.35. The Hall–Kier alpha value is -0.990. The summed E-state index contributed by atoms with van der Waals surface area (Å²) < 4.78 is 34.0. The predicted molar refractivity (Wildman–Crippen MR) is 197 cm³/mol. The fourth-order valence-corrected chi connectivity index (χ4v) is 6.23. The van der Waals surface area contributed by atoms with E-state index >= 15 is 0 Å². The normalized spacial score (nSPS) is 13.7. The van der Waals surface area contributed by atoms with Crippen LogP contribution in [0.2, 0.25) is 0 Å². The van der Waals surface area contributed by atoms with Gasteiger partial charge in [0.15, 0.2) is 6.10 Å². The molecule has 0 rings (SSSR count). The Morgan fingerprint density at radius 2 is 0.938 bits per heavy atom. The van der Waals surface area contributed by atoms with E-state index in [0.717, 1.165) is 38.5 Å². The Bertz CT molecular complexity index is 804. The van der Waals surface area contributed by atoms with Gasteiger partial charge in [0.05, 0.1) is 27.7 Å². The van der Waals surface area contributed by atoms with Crippen molar-refractivity contribution in [2.75, 3.05) is 47.5 Å². The SMILES string of the molecule is CCCCCCCCCCCCCCCCCCCCC(=O)O[C@H](COC(=O)CCCCCCCC)COP(=O)(O)OCC[N+](C)(C)C. The second kappa shape index (κ2) is 32.0. The van der Waals surface area contributed by atoms with Crippen LogP contribution in [-0.4, -0.2) is 74.9 Å². The number of phosphoric ester groups is 1. The van der Waals surface area contributed by atoms with Crippen molar-refractivity contribution >= 4 is 19.8 Å². The molecule has 0 saturated carbocycles. The summed E-state index contributed by atoms with van der Waals surface area (Å²) in [4.78, 5) is 35.0. The zero-order valence-electron chi connectivity index (χ0n) is 32.0. The van der Waals surface area contributed by atoms with Gasteiger partial charge in [-0.3, -0.25) is 18.6 Å². The Balaban J connectivity index is 4.23. The lowest BCUT2D eigenvalue weighted by molar-refractivity contribution is -0.870. The van der Waals surface area contributed by atoms with Gasteiger partial charge in [0.1, 0.15) is 19.8 Å². The van der Waals surface area contributed by atoms with Gasteiger partial charge in [-0.15, -0.1) is 0 Å². The summed E-state index contributed by atoms with van der Waals surface area (Å²) in [5.74, 6) is -0.799. The second-order valence-electron chi connectivity index (χ2n) is 14.7.